The number of hydrogen-bond donors (Lipinski definition) is 1. The standard InChI is InChI=1S/C19H25N3O4S2/c1-27(23,24)21-17-4-6-18(7-5-17)28(25,26)19-9-13-22(14-10-19)12-8-16-3-2-11-20-15-16/h2-7,11,15,19,21H,8-10,12-14H2,1H3. The zero-order valence-corrected chi connectivity index (χ0v) is 17.4. The topological polar surface area (TPSA) is 96.4 Å². The number of piperidine rings is 1. The van der Waals surface area contributed by atoms with Crippen LogP contribution in [0.5, 0.6) is 0 Å². The minimum atomic E-state index is -3.43. The molecule has 2 aromatic rings. The van der Waals surface area contributed by atoms with E-state index in [1.807, 2.05) is 18.3 Å². The van der Waals surface area contributed by atoms with Gasteiger partial charge in [-0.05, 0) is 68.2 Å². The van der Waals surface area contributed by atoms with Gasteiger partial charge < -0.3 is 4.90 Å². The molecule has 3 rings (SSSR count). The number of hydrogen-bond acceptors (Lipinski definition) is 6. The van der Waals surface area contributed by atoms with E-state index in [0.29, 0.717) is 18.5 Å². The molecule has 1 aromatic heterocycles. The highest BCUT2D eigenvalue weighted by molar-refractivity contribution is 7.92. The van der Waals surface area contributed by atoms with Gasteiger partial charge in [0.15, 0.2) is 9.84 Å². The van der Waals surface area contributed by atoms with E-state index in [0.717, 1.165) is 32.3 Å². The highest BCUT2D eigenvalue weighted by Gasteiger charge is 2.31. The maximum absolute atomic E-state index is 12.9. The van der Waals surface area contributed by atoms with Crippen molar-refractivity contribution in [3.8, 4) is 0 Å². The molecule has 1 aliphatic heterocycles. The number of likely N-dealkylation sites (tertiary alicyclic amines) is 1. The zero-order valence-electron chi connectivity index (χ0n) is 15.8. The lowest BCUT2D eigenvalue weighted by Crippen LogP contribution is -2.40. The fourth-order valence-corrected chi connectivity index (χ4v) is 5.69. The van der Waals surface area contributed by atoms with Crippen molar-refractivity contribution in [3.05, 3.63) is 54.4 Å². The van der Waals surface area contributed by atoms with Crippen LogP contribution in [-0.4, -0.2) is 57.9 Å². The van der Waals surface area contributed by atoms with Gasteiger partial charge in [-0.2, -0.15) is 0 Å². The first-order valence-electron chi connectivity index (χ1n) is 9.17. The number of rotatable bonds is 7. The molecule has 9 heteroatoms. The van der Waals surface area contributed by atoms with Crippen LogP contribution in [0.1, 0.15) is 18.4 Å². The summed E-state index contributed by atoms with van der Waals surface area (Å²) in [5, 5.41) is -0.407. The summed E-state index contributed by atoms with van der Waals surface area (Å²) >= 11 is 0. The highest BCUT2D eigenvalue weighted by Crippen LogP contribution is 2.26. The Morgan fingerprint density at radius 1 is 1.07 bits per heavy atom. The largest absolute Gasteiger partial charge is 0.303 e. The Balaban J connectivity index is 1.57. The third-order valence-electron chi connectivity index (χ3n) is 4.90. The number of anilines is 1. The Morgan fingerprint density at radius 3 is 2.32 bits per heavy atom. The minimum Gasteiger partial charge on any atom is -0.303 e. The summed E-state index contributed by atoms with van der Waals surface area (Å²) in [7, 11) is -6.81. The first-order chi connectivity index (χ1) is 13.2. The Bertz CT molecular complexity index is 983. The molecule has 1 N–H and O–H groups in total. The van der Waals surface area contributed by atoms with Gasteiger partial charge in [0.1, 0.15) is 0 Å². The number of sulfone groups is 1. The lowest BCUT2D eigenvalue weighted by Gasteiger charge is -2.31. The molecular formula is C19H25N3O4S2. The van der Waals surface area contributed by atoms with Crippen LogP contribution in [0.4, 0.5) is 5.69 Å². The van der Waals surface area contributed by atoms with Gasteiger partial charge in [-0.15, -0.1) is 0 Å². The molecule has 152 valence electrons. The number of aromatic nitrogens is 1. The van der Waals surface area contributed by atoms with Crippen LogP contribution < -0.4 is 4.72 Å². The minimum absolute atomic E-state index is 0.236. The normalized spacial score (nSPS) is 16.8. The highest BCUT2D eigenvalue weighted by atomic mass is 32.2. The summed E-state index contributed by atoms with van der Waals surface area (Å²) < 4.78 is 50.7. The van der Waals surface area contributed by atoms with Gasteiger partial charge in [0, 0.05) is 24.6 Å². The molecule has 0 atom stereocenters. The van der Waals surface area contributed by atoms with Gasteiger partial charge in [0.25, 0.3) is 0 Å². The predicted octanol–water partition coefficient (Wildman–Crippen LogP) is 1.93. The molecule has 0 spiro atoms. The van der Waals surface area contributed by atoms with Crippen LogP contribution in [0.3, 0.4) is 0 Å². The Hall–Kier alpha value is -1.97. The third kappa shape index (κ3) is 5.52. The van der Waals surface area contributed by atoms with Gasteiger partial charge in [-0.3, -0.25) is 9.71 Å². The molecule has 1 aromatic carbocycles. The molecule has 0 unspecified atom stereocenters. The second-order valence-corrected chi connectivity index (χ2v) is 11.1. The van der Waals surface area contributed by atoms with Crippen molar-refractivity contribution in [1.29, 1.82) is 0 Å². The lowest BCUT2D eigenvalue weighted by molar-refractivity contribution is 0.232. The van der Waals surface area contributed by atoms with Crippen LogP contribution >= 0.6 is 0 Å². The summed E-state index contributed by atoms with van der Waals surface area (Å²) in [6.45, 7) is 2.39. The average Bonchev–Trinajstić information content (AvgIpc) is 2.67. The number of pyridine rings is 1. The Morgan fingerprint density at radius 2 is 1.75 bits per heavy atom. The van der Waals surface area contributed by atoms with Gasteiger partial charge in [0.2, 0.25) is 10.0 Å². The molecule has 1 aliphatic rings. The van der Waals surface area contributed by atoms with Crippen molar-refractivity contribution in [2.45, 2.75) is 29.4 Å². The van der Waals surface area contributed by atoms with Crippen molar-refractivity contribution < 1.29 is 16.8 Å². The molecule has 0 saturated carbocycles. The third-order valence-corrected chi connectivity index (χ3v) is 7.78. The van der Waals surface area contributed by atoms with Crippen molar-refractivity contribution in [3.63, 3.8) is 0 Å². The van der Waals surface area contributed by atoms with Crippen LogP contribution in [-0.2, 0) is 26.3 Å². The molecule has 0 amide bonds. The zero-order chi connectivity index (χ0) is 20.2. The van der Waals surface area contributed by atoms with E-state index >= 15 is 0 Å². The second-order valence-electron chi connectivity index (χ2n) is 7.10. The first kappa shape index (κ1) is 20.8. The fraction of sp³-hybridized carbons (Fsp3) is 0.421. The van der Waals surface area contributed by atoms with Gasteiger partial charge in [0.05, 0.1) is 16.4 Å². The van der Waals surface area contributed by atoms with E-state index in [4.69, 9.17) is 0 Å². The number of sulfonamides is 1. The lowest BCUT2D eigenvalue weighted by atomic mass is 10.1. The van der Waals surface area contributed by atoms with Crippen molar-refractivity contribution in [2.24, 2.45) is 0 Å². The molecular weight excluding hydrogens is 398 g/mol. The predicted molar refractivity (Wildman–Crippen MR) is 109 cm³/mol. The monoisotopic (exact) mass is 423 g/mol. The van der Waals surface area contributed by atoms with E-state index in [9.17, 15) is 16.8 Å². The summed E-state index contributed by atoms with van der Waals surface area (Å²) in [4.78, 5) is 6.64. The van der Waals surface area contributed by atoms with Crippen molar-refractivity contribution >= 4 is 25.5 Å². The molecule has 2 heterocycles. The molecule has 0 radical (unpaired) electrons. The van der Waals surface area contributed by atoms with E-state index < -0.39 is 25.1 Å². The number of nitrogens with zero attached hydrogens (tertiary/aromatic N) is 2. The fourth-order valence-electron chi connectivity index (χ4n) is 3.40. The molecule has 1 fully saturated rings. The number of nitrogens with one attached hydrogen (secondary N) is 1. The SMILES string of the molecule is CS(=O)(=O)Nc1ccc(S(=O)(=O)C2CCN(CCc3cccnc3)CC2)cc1. The van der Waals surface area contributed by atoms with Gasteiger partial charge >= 0.3 is 0 Å². The Kier molecular flexibility index (Phi) is 6.36. The summed E-state index contributed by atoms with van der Waals surface area (Å²) in [6, 6.07) is 9.88. The van der Waals surface area contributed by atoms with E-state index in [1.165, 1.54) is 29.8 Å². The summed E-state index contributed by atoms with van der Waals surface area (Å²) in [5.41, 5.74) is 1.53. The number of benzene rings is 1. The van der Waals surface area contributed by atoms with Crippen LogP contribution in [0.25, 0.3) is 0 Å². The molecule has 7 nitrogen and oxygen atoms in total. The molecule has 0 bridgehead atoms. The van der Waals surface area contributed by atoms with Crippen molar-refractivity contribution in [2.75, 3.05) is 30.6 Å². The van der Waals surface area contributed by atoms with E-state index in [1.54, 1.807) is 6.20 Å². The van der Waals surface area contributed by atoms with E-state index in [-0.39, 0.29) is 4.90 Å². The smallest absolute Gasteiger partial charge is 0.229 e. The first-order valence-corrected chi connectivity index (χ1v) is 12.6. The van der Waals surface area contributed by atoms with Crippen LogP contribution in [0.2, 0.25) is 0 Å². The van der Waals surface area contributed by atoms with Crippen LogP contribution in [0, 0.1) is 0 Å². The summed E-state index contributed by atoms with van der Waals surface area (Å²) in [6.07, 6.45) is 6.76. The molecule has 0 aliphatic carbocycles. The maximum Gasteiger partial charge on any atom is 0.229 e. The summed E-state index contributed by atoms with van der Waals surface area (Å²) in [5.74, 6) is 0. The quantitative estimate of drug-likeness (QED) is 0.731. The second kappa shape index (κ2) is 8.59. The average molecular weight is 424 g/mol. The van der Waals surface area contributed by atoms with Gasteiger partial charge in [-0.25, -0.2) is 16.8 Å². The van der Waals surface area contributed by atoms with Gasteiger partial charge in [-0.1, -0.05) is 6.07 Å². The van der Waals surface area contributed by atoms with Crippen molar-refractivity contribution in [1.82, 2.24) is 9.88 Å². The molecule has 1 saturated heterocycles. The maximum atomic E-state index is 12.9. The Labute approximate surface area is 166 Å². The molecule has 28 heavy (non-hydrogen) atoms. The van der Waals surface area contributed by atoms with E-state index in [2.05, 4.69) is 14.6 Å². The van der Waals surface area contributed by atoms with Crippen LogP contribution in [0.15, 0.2) is 53.7 Å².